The van der Waals surface area contributed by atoms with E-state index in [2.05, 4.69) is 5.32 Å². The van der Waals surface area contributed by atoms with Crippen molar-refractivity contribution in [1.29, 1.82) is 0 Å². The van der Waals surface area contributed by atoms with E-state index in [1.54, 1.807) is 18.2 Å². The lowest BCUT2D eigenvalue weighted by Gasteiger charge is -2.18. The topological polar surface area (TPSA) is 102 Å². The van der Waals surface area contributed by atoms with Gasteiger partial charge in [-0.25, -0.2) is 8.42 Å². The van der Waals surface area contributed by atoms with Crippen LogP contribution in [0, 0.1) is 6.92 Å². The summed E-state index contributed by atoms with van der Waals surface area (Å²) < 4.78 is 32.5. The first-order valence-electron chi connectivity index (χ1n) is 8.68. The van der Waals surface area contributed by atoms with E-state index in [0.29, 0.717) is 24.5 Å². The van der Waals surface area contributed by atoms with Crippen LogP contribution < -0.4 is 15.8 Å². The maximum atomic E-state index is 12.9. The summed E-state index contributed by atoms with van der Waals surface area (Å²) in [6.45, 7) is 2.81. The summed E-state index contributed by atoms with van der Waals surface area (Å²) in [5.74, 6) is -0.192. The molecule has 1 saturated heterocycles. The van der Waals surface area contributed by atoms with Crippen molar-refractivity contribution >= 4 is 39.7 Å². The molecule has 2 aromatic rings. The molecule has 1 aliphatic heterocycles. The number of hydrogen-bond acceptors (Lipinski definition) is 5. The average Bonchev–Trinajstić information content (AvgIpc) is 3.19. The van der Waals surface area contributed by atoms with Crippen LogP contribution in [0.4, 0.5) is 11.4 Å². The molecule has 3 N–H and O–H groups in total. The van der Waals surface area contributed by atoms with E-state index in [9.17, 15) is 13.2 Å². The molecule has 28 heavy (non-hydrogen) atoms. The van der Waals surface area contributed by atoms with Gasteiger partial charge in [0.2, 0.25) is 10.0 Å². The van der Waals surface area contributed by atoms with Crippen LogP contribution in [-0.2, 0) is 10.0 Å². The van der Waals surface area contributed by atoms with E-state index in [1.165, 1.54) is 23.5 Å². The van der Waals surface area contributed by atoms with Crippen molar-refractivity contribution in [3.8, 4) is 5.75 Å². The molecule has 1 amide bonds. The SMILES string of the molecule is COc1ccc(C(=O)Nc2cc(N)ccc2C)cc1S(=O)(=O)N1CCCC1.Cl. The van der Waals surface area contributed by atoms with Gasteiger partial charge in [0.05, 0.1) is 7.11 Å². The number of hydrogen-bond donors (Lipinski definition) is 2. The van der Waals surface area contributed by atoms with Crippen LogP contribution >= 0.6 is 12.4 Å². The molecule has 1 heterocycles. The highest BCUT2D eigenvalue weighted by Crippen LogP contribution is 2.30. The second kappa shape index (κ2) is 8.81. The molecule has 0 saturated carbocycles. The second-order valence-corrected chi connectivity index (χ2v) is 8.41. The molecule has 3 rings (SSSR count). The summed E-state index contributed by atoms with van der Waals surface area (Å²) >= 11 is 0. The largest absolute Gasteiger partial charge is 0.495 e. The highest BCUT2D eigenvalue weighted by atomic mass is 35.5. The standard InChI is InChI=1S/C19H23N3O4S.ClH/c1-13-5-7-15(20)12-16(13)21-19(23)14-6-8-17(26-2)18(11-14)27(24,25)22-9-3-4-10-22;/h5-8,11-12H,3-4,9-10,20H2,1-2H3,(H,21,23);1H. The molecule has 1 aliphatic rings. The van der Waals surface area contributed by atoms with Gasteiger partial charge in [0.25, 0.3) is 5.91 Å². The third-order valence-corrected chi connectivity index (χ3v) is 6.54. The Morgan fingerprint density at radius 1 is 1.14 bits per heavy atom. The van der Waals surface area contributed by atoms with Gasteiger partial charge in [-0.1, -0.05) is 6.07 Å². The lowest BCUT2D eigenvalue weighted by atomic mass is 10.1. The Balaban J connectivity index is 0.00000280. The number of nitrogens with zero attached hydrogens (tertiary/aromatic N) is 1. The number of carbonyl (C=O) groups is 1. The van der Waals surface area contributed by atoms with Crippen molar-refractivity contribution in [2.75, 3.05) is 31.2 Å². The fourth-order valence-corrected chi connectivity index (χ4v) is 4.75. The molecule has 7 nitrogen and oxygen atoms in total. The summed E-state index contributed by atoms with van der Waals surface area (Å²) in [5.41, 5.74) is 7.98. The van der Waals surface area contributed by atoms with Crippen molar-refractivity contribution in [2.45, 2.75) is 24.7 Å². The van der Waals surface area contributed by atoms with E-state index in [0.717, 1.165) is 18.4 Å². The van der Waals surface area contributed by atoms with Crippen molar-refractivity contribution in [2.24, 2.45) is 0 Å². The fourth-order valence-electron chi connectivity index (χ4n) is 3.06. The molecule has 1 fully saturated rings. The number of carbonyl (C=O) groups excluding carboxylic acids is 1. The predicted octanol–water partition coefficient (Wildman–Crippen LogP) is 3.04. The number of sulfonamides is 1. The van der Waals surface area contributed by atoms with Crippen molar-refractivity contribution in [1.82, 2.24) is 4.31 Å². The molecule has 0 unspecified atom stereocenters. The first kappa shape index (κ1) is 22.0. The smallest absolute Gasteiger partial charge is 0.255 e. The van der Waals surface area contributed by atoms with E-state index >= 15 is 0 Å². The van der Waals surface area contributed by atoms with Gasteiger partial charge >= 0.3 is 0 Å². The van der Waals surface area contributed by atoms with Crippen LogP contribution in [0.15, 0.2) is 41.3 Å². The van der Waals surface area contributed by atoms with Gasteiger partial charge < -0.3 is 15.8 Å². The Bertz CT molecular complexity index is 973. The van der Waals surface area contributed by atoms with Gasteiger partial charge in [0.15, 0.2) is 0 Å². The highest BCUT2D eigenvalue weighted by Gasteiger charge is 2.30. The van der Waals surface area contributed by atoms with Crippen molar-refractivity contribution < 1.29 is 17.9 Å². The number of ether oxygens (including phenoxy) is 1. The molecule has 0 aromatic heterocycles. The van der Waals surface area contributed by atoms with Gasteiger partial charge in [0, 0.05) is 30.0 Å². The van der Waals surface area contributed by atoms with Crippen LogP contribution in [0.1, 0.15) is 28.8 Å². The minimum absolute atomic E-state index is 0. The highest BCUT2D eigenvalue weighted by molar-refractivity contribution is 7.89. The summed E-state index contributed by atoms with van der Waals surface area (Å²) in [5, 5.41) is 2.78. The number of halogens is 1. The van der Waals surface area contributed by atoms with Crippen molar-refractivity contribution in [3.05, 3.63) is 47.5 Å². The number of benzene rings is 2. The second-order valence-electron chi connectivity index (χ2n) is 6.51. The lowest BCUT2D eigenvalue weighted by Crippen LogP contribution is -2.28. The van der Waals surface area contributed by atoms with Gasteiger partial charge in [-0.2, -0.15) is 4.31 Å². The van der Waals surface area contributed by atoms with Gasteiger partial charge in [0.1, 0.15) is 10.6 Å². The number of methoxy groups -OCH3 is 1. The Labute approximate surface area is 171 Å². The molecule has 152 valence electrons. The van der Waals surface area contributed by atoms with Gasteiger partial charge in [-0.3, -0.25) is 4.79 Å². The predicted molar refractivity (Wildman–Crippen MR) is 112 cm³/mol. The average molecular weight is 426 g/mol. The molecule has 9 heteroatoms. The lowest BCUT2D eigenvalue weighted by molar-refractivity contribution is 0.102. The Kier molecular flexibility index (Phi) is 6.92. The molecule has 0 aliphatic carbocycles. The third-order valence-electron chi connectivity index (χ3n) is 4.62. The fraction of sp³-hybridized carbons (Fsp3) is 0.316. The number of aryl methyl sites for hydroxylation is 1. The maximum absolute atomic E-state index is 12.9. The monoisotopic (exact) mass is 425 g/mol. The summed E-state index contributed by atoms with van der Waals surface area (Å²) in [6, 6.07) is 9.63. The normalized spacial score (nSPS) is 14.4. The molecule has 0 bridgehead atoms. The van der Waals surface area contributed by atoms with Crippen LogP contribution in [0.3, 0.4) is 0 Å². The molecule has 0 radical (unpaired) electrons. The number of nitrogens with two attached hydrogens (primary N) is 1. The number of nitrogens with one attached hydrogen (secondary N) is 1. The van der Waals surface area contributed by atoms with E-state index in [1.807, 2.05) is 13.0 Å². The minimum atomic E-state index is -3.72. The maximum Gasteiger partial charge on any atom is 0.255 e. The van der Waals surface area contributed by atoms with Crippen LogP contribution in [-0.4, -0.2) is 38.8 Å². The summed E-state index contributed by atoms with van der Waals surface area (Å²) in [6.07, 6.45) is 1.66. The Morgan fingerprint density at radius 2 is 1.82 bits per heavy atom. The van der Waals surface area contributed by atoms with E-state index in [4.69, 9.17) is 10.5 Å². The minimum Gasteiger partial charge on any atom is -0.495 e. The number of rotatable bonds is 5. The van der Waals surface area contributed by atoms with Gasteiger partial charge in [-0.15, -0.1) is 12.4 Å². The van der Waals surface area contributed by atoms with Crippen molar-refractivity contribution in [3.63, 3.8) is 0 Å². The molecule has 0 spiro atoms. The molecular formula is C19H24ClN3O4S. The zero-order chi connectivity index (χ0) is 19.6. The number of nitrogen functional groups attached to an aromatic ring is 1. The summed E-state index contributed by atoms with van der Waals surface area (Å²) in [4.78, 5) is 12.7. The van der Waals surface area contributed by atoms with E-state index in [-0.39, 0.29) is 28.6 Å². The van der Waals surface area contributed by atoms with Gasteiger partial charge in [-0.05, 0) is 55.7 Å². The number of anilines is 2. The quantitative estimate of drug-likeness (QED) is 0.717. The zero-order valence-corrected chi connectivity index (χ0v) is 17.4. The molecular weight excluding hydrogens is 402 g/mol. The summed E-state index contributed by atoms with van der Waals surface area (Å²) in [7, 11) is -2.31. The van der Waals surface area contributed by atoms with Crippen LogP contribution in [0.2, 0.25) is 0 Å². The Hall–Kier alpha value is -2.29. The molecule has 2 aromatic carbocycles. The van der Waals surface area contributed by atoms with Crippen LogP contribution in [0.25, 0.3) is 0 Å². The third kappa shape index (κ3) is 4.40. The first-order valence-corrected chi connectivity index (χ1v) is 10.1. The molecule has 0 atom stereocenters. The van der Waals surface area contributed by atoms with Crippen LogP contribution in [0.5, 0.6) is 5.75 Å². The Morgan fingerprint density at radius 3 is 2.46 bits per heavy atom. The first-order chi connectivity index (χ1) is 12.8. The zero-order valence-electron chi connectivity index (χ0n) is 15.8. The number of amides is 1. The van der Waals surface area contributed by atoms with E-state index < -0.39 is 15.9 Å².